The molecule has 1 aliphatic heterocycles. The van der Waals surface area contributed by atoms with Crippen LogP contribution in [0.4, 0.5) is 17.1 Å². The summed E-state index contributed by atoms with van der Waals surface area (Å²) in [6.07, 6.45) is 0.0813. The van der Waals surface area contributed by atoms with Crippen LogP contribution in [0, 0.1) is 16.0 Å². The van der Waals surface area contributed by atoms with Crippen LogP contribution in [0.1, 0.15) is 6.42 Å². The van der Waals surface area contributed by atoms with Crippen molar-refractivity contribution >= 4 is 28.9 Å². The van der Waals surface area contributed by atoms with Crippen molar-refractivity contribution in [2.24, 2.45) is 5.92 Å². The third-order valence-electron chi connectivity index (χ3n) is 4.19. The molecule has 0 saturated carbocycles. The minimum Gasteiger partial charge on any atom is -0.497 e. The Morgan fingerprint density at radius 3 is 2.77 bits per heavy atom. The van der Waals surface area contributed by atoms with Crippen molar-refractivity contribution in [1.82, 2.24) is 0 Å². The summed E-state index contributed by atoms with van der Waals surface area (Å²) in [6, 6.07) is 12.8. The standard InChI is InChI=1S/C18H17N3O5/c1-26-16-7-3-5-14(10-16)20-11-12(8-17(20)22)18(23)19-13-4-2-6-15(9-13)21(24)25/h2-7,9-10,12H,8,11H2,1H3,(H,19,23)/t12-/m0/s1. The fourth-order valence-electron chi connectivity index (χ4n) is 2.85. The van der Waals surface area contributed by atoms with E-state index in [9.17, 15) is 19.7 Å². The van der Waals surface area contributed by atoms with Crippen LogP contribution in [0.3, 0.4) is 0 Å². The molecule has 1 N–H and O–H groups in total. The average Bonchev–Trinajstić information content (AvgIpc) is 3.04. The molecule has 8 nitrogen and oxygen atoms in total. The van der Waals surface area contributed by atoms with Crippen LogP contribution in [-0.2, 0) is 9.59 Å². The molecule has 134 valence electrons. The Balaban J connectivity index is 1.71. The normalized spacial score (nSPS) is 16.4. The van der Waals surface area contributed by atoms with Gasteiger partial charge in [-0.2, -0.15) is 0 Å². The van der Waals surface area contributed by atoms with Gasteiger partial charge in [-0.05, 0) is 18.2 Å². The van der Waals surface area contributed by atoms with Crippen LogP contribution < -0.4 is 15.0 Å². The predicted molar refractivity (Wildman–Crippen MR) is 95.2 cm³/mol. The fourth-order valence-corrected chi connectivity index (χ4v) is 2.85. The van der Waals surface area contributed by atoms with Gasteiger partial charge in [0.25, 0.3) is 5.69 Å². The Morgan fingerprint density at radius 1 is 1.27 bits per heavy atom. The van der Waals surface area contributed by atoms with Gasteiger partial charge in [-0.25, -0.2) is 0 Å². The molecule has 0 bridgehead atoms. The molecule has 8 heteroatoms. The first-order chi connectivity index (χ1) is 12.5. The number of benzene rings is 2. The van der Waals surface area contributed by atoms with Crippen molar-refractivity contribution in [2.75, 3.05) is 23.9 Å². The quantitative estimate of drug-likeness (QED) is 0.656. The predicted octanol–water partition coefficient (Wildman–Crippen LogP) is 2.60. The summed E-state index contributed by atoms with van der Waals surface area (Å²) in [4.78, 5) is 36.6. The second kappa shape index (κ2) is 7.22. The number of carbonyl (C=O) groups is 2. The molecule has 2 amide bonds. The molecule has 0 spiro atoms. The van der Waals surface area contributed by atoms with Crippen molar-refractivity contribution in [2.45, 2.75) is 6.42 Å². The summed E-state index contributed by atoms with van der Waals surface area (Å²) < 4.78 is 5.16. The van der Waals surface area contributed by atoms with Crippen LogP contribution in [0.25, 0.3) is 0 Å². The van der Waals surface area contributed by atoms with Crippen molar-refractivity contribution < 1.29 is 19.2 Å². The van der Waals surface area contributed by atoms with Gasteiger partial charge < -0.3 is 15.0 Å². The molecule has 0 aliphatic carbocycles. The highest BCUT2D eigenvalue weighted by molar-refractivity contribution is 6.03. The zero-order valence-electron chi connectivity index (χ0n) is 14.0. The van der Waals surface area contributed by atoms with Gasteiger partial charge in [0.05, 0.1) is 18.0 Å². The number of anilines is 2. The van der Waals surface area contributed by atoms with E-state index in [0.717, 1.165) is 0 Å². The van der Waals surface area contributed by atoms with Crippen LogP contribution in [-0.4, -0.2) is 30.4 Å². The van der Waals surface area contributed by atoms with Gasteiger partial charge >= 0.3 is 0 Å². The molecular formula is C18H17N3O5. The van der Waals surface area contributed by atoms with E-state index in [1.165, 1.54) is 18.2 Å². The Morgan fingerprint density at radius 2 is 2.04 bits per heavy atom. The van der Waals surface area contributed by atoms with Crippen LogP contribution in [0.2, 0.25) is 0 Å². The number of amides is 2. The molecular weight excluding hydrogens is 338 g/mol. The third kappa shape index (κ3) is 3.64. The molecule has 3 rings (SSSR count). The lowest BCUT2D eigenvalue weighted by molar-refractivity contribution is -0.384. The van der Waals surface area contributed by atoms with Crippen molar-refractivity contribution in [3.8, 4) is 5.75 Å². The number of nitrogens with zero attached hydrogens (tertiary/aromatic N) is 2. The van der Waals surface area contributed by atoms with E-state index in [0.29, 0.717) is 17.1 Å². The van der Waals surface area contributed by atoms with Crippen molar-refractivity contribution in [3.63, 3.8) is 0 Å². The van der Waals surface area contributed by atoms with Gasteiger partial charge in [-0.15, -0.1) is 0 Å². The average molecular weight is 355 g/mol. The number of nitro benzene ring substituents is 1. The first-order valence-electron chi connectivity index (χ1n) is 7.97. The maximum absolute atomic E-state index is 12.5. The monoisotopic (exact) mass is 355 g/mol. The molecule has 1 atom stereocenters. The highest BCUT2D eigenvalue weighted by atomic mass is 16.6. The summed E-state index contributed by atoms with van der Waals surface area (Å²) in [5.41, 5.74) is 0.889. The minimum absolute atomic E-state index is 0.0813. The van der Waals surface area contributed by atoms with Gasteiger partial charge in [0.2, 0.25) is 11.8 Å². The molecule has 0 radical (unpaired) electrons. The molecule has 1 heterocycles. The Bertz CT molecular complexity index is 867. The molecule has 26 heavy (non-hydrogen) atoms. The number of nitro groups is 1. The lowest BCUT2D eigenvalue weighted by Gasteiger charge is -2.17. The fraction of sp³-hybridized carbons (Fsp3) is 0.222. The molecule has 0 aromatic heterocycles. The number of ether oxygens (including phenoxy) is 1. The van der Waals surface area contributed by atoms with E-state index in [1.807, 2.05) is 0 Å². The van der Waals surface area contributed by atoms with E-state index < -0.39 is 10.8 Å². The minimum atomic E-state index is -0.534. The Hall–Kier alpha value is -3.42. The summed E-state index contributed by atoms with van der Waals surface area (Å²) in [7, 11) is 1.54. The number of non-ortho nitro benzene ring substituents is 1. The van der Waals surface area contributed by atoms with Crippen LogP contribution >= 0.6 is 0 Å². The Kier molecular flexibility index (Phi) is 4.83. The molecule has 1 aliphatic rings. The summed E-state index contributed by atoms with van der Waals surface area (Å²) >= 11 is 0. The Labute approximate surface area is 149 Å². The van der Waals surface area contributed by atoms with Gasteiger partial charge in [0, 0.05) is 42.5 Å². The number of nitrogens with one attached hydrogen (secondary N) is 1. The zero-order valence-corrected chi connectivity index (χ0v) is 14.0. The lowest BCUT2D eigenvalue weighted by atomic mass is 10.1. The van der Waals surface area contributed by atoms with E-state index in [-0.39, 0.29) is 30.5 Å². The van der Waals surface area contributed by atoms with Gasteiger partial charge in [0.15, 0.2) is 0 Å². The molecule has 2 aromatic carbocycles. The maximum Gasteiger partial charge on any atom is 0.271 e. The highest BCUT2D eigenvalue weighted by Crippen LogP contribution is 2.28. The maximum atomic E-state index is 12.5. The highest BCUT2D eigenvalue weighted by Gasteiger charge is 2.35. The second-order valence-corrected chi connectivity index (χ2v) is 5.90. The van der Waals surface area contributed by atoms with Gasteiger partial charge in [-0.1, -0.05) is 12.1 Å². The number of rotatable bonds is 5. The number of carbonyl (C=O) groups excluding carboxylic acids is 2. The van der Waals surface area contributed by atoms with E-state index in [2.05, 4.69) is 5.32 Å². The van der Waals surface area contributed by atoms with Crippen molar-refractivity contribution in [1.29, 1.82) is 0 Å². The van der Waals surface area contributed by atoms with Crippen molar-refractivity contribution in [3.05, 3.63) is 58.6 Å². The lowest BCUT2D eigenvalue weighted by Crippen LogP contribution is -2.28. The number of hydrogen-bond acceptors (Lipinski definition) is 5. The zero-order chi connectivity index (χ0) is 18.7. The number of methoxy groups -OCH3 is 1. The van der Waals surface area contributed by atoms with Gasteiger partial charge in [0.1, 0.15) is 5.75 Å². The molecule has 0 unspecified atom stereocenters. The largest absolute Gasteiger partial charge is 0.497 e. The molecule has 1 saturated heterocycles. The topological polar surface area (TPSA) is 102 Å². The summed E-state index contributed by atoms with van der Waals surface area (Å²) in [6.45, 7) is 0.243. The molecule has 2 aromatic rings. The van der Waals surface area contributed by atoms with E-state index >= 15 is 0 Å². The van der Waals surface area contributed by atoms with E-state index in [4.69, 9.17) is 4.74 Å². The molecule has 1 fully saturated rings. The first kappa shape index (κ1) is 17.4. The first-order valence-corrected chi connectivity index (χ1v) is 7.97. The smallest absolute Gasteiger partial charge is 0.271 e. The second-order valence-electron chi connectivity index (χ2n) is 5.90. The third-order valence-corrected chi connectivity index (χ3v) is 4.19. The SMILES string of the molecule is COc1cccc(N2C[C@@H](C(=O)Nc3cccc([N+](=O)[O-])c3)CC2=O)c1. The van der Waals surface area contributed by atoms with E-state index in [1.54, 1.807) is 42.3 Å². The summed E-state index contributed by atoms with van der Waals surface area (Å²) in [5.74, 6) is -0.408. The summed E-state index contributed by atoms with van der Waals surface area (Å²) in [5, 5.41) is 13.5. The van der Waals surface area contributed by atoms with Crippen LogP contribution in [0.5, 0.6) is 5.75 Å². The number of hydrogen-bond donors (Lipinski definition) is 1. The van der Waals surface area contributed by atoms with Crippen LogP contribution in [0.15, 0.2) is 48.5 Å². The van der Waals surface area contributed by atoms with Gasteiger partial charge in [-0.3, -0.25) is 19.7 Å².